The van der Waals surface area contributed by atoms with Crippen LogP contribution in [0.4, 0.5) is 0 Å². The van der Waals surface area contributed by atoms with Crippen molar-refractivity contribution in [1.29, 1.82) is 0 Å². The second kappa shape index (κ2) is 8.68. The van der Waals surface area contributed by atoms with Crippen LogP contribution in [0.2, 0.25) is 0 Å². The molecule has 0 spiro atoms. The molecule has 0 heterocycles. The fourth-order valence-corrected chi connectivity index (χ4v) is 1.19. The third-order valence-electron chi connectivity index (χ3n) is 2.43. The highest BCUT2D eigenvalue weighted by molar-refractivity contribution is 5.78. The van der Waals surface area contributed by atoms with Gasteiger partial charge in [0.1, 0.15) is 0 Å². The van der Waals surface area contributed by atoms with Crippen LogP contribution >= 0.6 is 0 Å². The highest BCUT2D eigenvalue weighted by Crippen LogP contribution is 1.94. The molecule has 2 atom stereocenters. The standard InChI is InChI=1S/C11H24N2O2/c1-4-9(2)13-11(15)8-12-10(3)6-5-7-14/h9-10,12,14H,4-8H2,1-3H3,(H,13,15). The average molecular weight is 216 g/mol. The molecule has 3 N–H and O–H groups in total. The Labute approximate surface area is 92.4 Å². The number of carbonyl (C=O) groups excluding carboxylic acids is 1. The highest BCUT2D eigenvalue weighted by Gasteiger charge is 2.07. The van der Waals surface area contributed by atoms with E-state index in [0.29, 0.717) is 6.54 Å². The number of hydrogen-bond donors (Lipinski definition) is 3. The first-order valence-corrected chi connectivity index (χ1v) is 5.73. The minimum Gasteiger partial charge on any atom is -0.396 e. The molecule has 0 saturated heterocycles. The normalized spacial score (nSPS) is 14.7. The summed E-state index contributed by atoms with van der Waals surface area (Å²) < 4.78 is 0. The zero-order chi connectivity index (χ0) is 11.7. The van der Waals surface area contributed by atoms with Crippen LogP contribution < -0.4 is 10.6 Å². The largest absolute Gasteiger partial charge is 0.396 e. The van der Waals surface area contributed by atoms with Crippen LogP contribution in [0.1, 0.15) is 40.0 Å². The van der Waals surface area contributed by atoms with Crippen LogP contribution in [0.3, 0.4) is 0 Å². The highest BCUT2D eigenvalue weighted by atomic mass is 16.2. The number of hydrogen-bond acceptors (Lipinski definition) is 3. The summed E-state index contributed by atoms with van der Waals surface area (Å²) in [6, 6.07) is 0.520. The fraction of sp³-hybridized carbons (Fsp3) is 0.909. The summed E-state index contributed by atoms with van der Waals surface area (Å²) in [5.41, 5.74) is 0. The van der Waals surface area contributed by atoms with Crippen molar-refractivity contribution in [3.05, 3.63) is 0 Å². The SMILES string of the molecule is CCC(C)NC(=O)CNC(C)CCCO. The molecule has 0 aromatic rings. The first-order chi connectivity index (χ1) is 7.10. The molecule has 0 radical (unpaired) electrons. The van der Waals surface area contributed by atoms with Crippen molar-refractivity contribution in [2.75, 3.05) is 13.2 Å². The van der Waals surface area contributed by atoms with Crippen LogP contribution in [-0.2, 0) is 4.79 Å². The number of aliphatic hydroxyl groups is 1. The van der Waals surface area contributed by atoms with Gasteiger partial charge in [-0.15, -0.1) is 0 Å². The molecule has 0 aliphatic rings. The lowest BCUT2D eigenvalue weighted by molar-refractivity contribution is -0.121. The van der Waals surface area contributed by atoms with Crippen molar-refractivity contribution in [2.45, 2.75) is 52.1 Å². The van der Waals surface area contributed by atoms with Crippen molar-refractivity contribution in [1.82, 2.24) is 10.6 Å². The maximum atomic E-state index is 11.4. The minimum atomic E-state index is 0.0419. The smallest absolute Gasteiger partial charge is 0.234 e. The lowest BCUT2D eigenvalue weighted by atomic mass is 10.2. The molecule has 0 bridgehead atoms. The Morgan fingerprint density at radius 3 is 2.53 bits per heavy atom. The van der Waals surface area contributed by atoms with E-state index in [4.69, 9.17) is 5.11 Å². The van der Waals surface area contributed by atoms with E-state index in [1.807, 2.05) is 20.8 Å². The lowest BCUT2D eigenvalue weighted by Gasteiger charge is -2.15. The van der Waals surface area contributed by atoms with Crippen LogP contribution in [0.25, 0.3) is 0 Å². The number of carbonyl (C=O) groups is 1. The van der Waals surface area contributed by atoms with Crippen molar-refractivity contribution < 1.29 is 9.90 Å². The van der Waals surface area contributed by atoms with E-state index in [9.17, 15) is 4.79 Å². The van der Waals surface area contributed by atoms with Gasteiger partial charge in [0.2, 0.25) is 5.91 Å². The van der Waals surface area contributed by atoms with Gasteiger partial charge in [0.15, 0.2) is 0 Å². The van der Waals surface area contributed by atoms with E-state index in [1.165, 1.54) is 0 Å². The molecule has 0 aromatic heterocycles. The molecule has 0 fully saturated rings. The molecule has 0 aliphatic heterocycles. The number of nitrogens with one attached hydrogen (secondary N) is 2. The maximum absolute atomic E-state index is 11.4. The Balaban J connectivity index is 3.52. The summed E-state index contributed by atoms with van der Waals surface area (Å²) in [5.74, 6) is 0.0419. The molecular weight excluding hydrogens is 192 g/mol. The molecule has 0 aliphatic carbocycles. The number of rotatable bonds is 8. The van der Waals surface area contributed by atoms with Crippen molar-refractivity contribution in [2.24, 2.45) is 0 Å². The van der Waals surface area contributed by atoms with Crippen LogP contribution in [0.15, 0.2) is 0 Å². The molecule has 0 aromatic carbocycles. The van der Waals surface area contributed by atoms with E-state index in [1.54, 1.807) is 0 Å². The van der Waals surface area contributed by atoms with Gasteiger partial charge in [-0.1, -0.05) is 6.92 Å². The van der Waals surface area contributed by atoms with E-state index in [2.05, 4.69) is 10.6 Å². The van der Waals surface area contributed by atoms with E-state index in [-0.39, 0.29) is 24.6 Å². The molecule has 0 saturated carbocycles. The van der Waals surface area contributed by atoms with Gasteiger partial charge >= 0.3 is 0 Å². The van der Waals surface area contributed by atoms with E-state index >= 15 is 0 Å². The van der Waals surface area contributed by atoms with E-state index in [0.717, 1.165) is 19.3 Å². The average Bonchev–Trinajstić information content (AvgIpc) is 2.23. The maximum Gasteiger partial charge on any atom is 0.234 e. The Bertz CT molecular complexity index is 174. The summed E-state index contributed by atoms with van der Waals surface area (Å²) >= 11 is 0. The summed E-state index contributed by atoms with van der Waals surface area (Å²) in [4.78, 5) is 11.4. The van der Waals surface area contributed by atoms with Crippen molar-refractivity contribution in [3.8, 4) is 0 Å². The fourth-order valence-electron chi connectivity index (χ4n) is 1.19. The zero-order valence-corrected chi connectivity index (χ0v) is 10.0. The summed E-state index contributed by atoms with van der Waals surface area (Å²) in [5, 5.41) is 14.7. The third kappa shape index (κ3) is 8.39. The van der Waals surface area contributed by atoms with Gasteiger partial charge < -0.3 is 15.7 Å². The van der Waals surface area contributed by atoms with Gasteiger partial charge in [-0.3, -0.25) is 4.79 Å². The Kier molecular flexibility index (Phi) is 8.33. The van der Waals surface area contributed by atoms with Crippen LogP contribution in [-0.4, -0.2) is 36.2 Å². The molecule has 2 unspecified atom stereocenters. The predicted octanol–water partition coefficient (Wildman–Crippen LogP) is 0.652. The Hall–Kier alpha value is -0.610. The first-order valence-electron chi connectivity index (χ1n) is 5.73. The molecule has 15 heavy (non-hydrogen) atoms. The van der Waals surface area contributed by atoms with Gasteiger partial charge in [0, 0.05) is 18.7 Å². The third-order valence-corrected chi connectivity index (χ3v) is 2.43. The Morgan fingerprint density at radius 1 is 1.33 bits per heavy atom. The zero-order valence-electron chi connectivity index (χ0n) is 10.0. The van der Waals surface area contributed by atoms with Gasteiger partial charge in [-0.25, -0.2) is 0 Å². The topological polar surface area (TPSA) is 61.4 Å². The molecule has 0 rings (SSSR count). The van der Waals surface area contributed by atoms with Gasteiger partial charge in [0.25, 0.3) is 0 Å². The first kappa shape index (κ1) is 14.4. The predicted molar refractivity (Wildman–Crippen MR) is 61.7 cm³/mol. The van der Waals surface area contributed by atoms with Gasteiger partial charge in [0.05, 0.1) is 6.54 Å². The molecular formula is C11H24N2O2. The minimum absolute atomic E-state index is 0.0419. The number of aliphatic hydroxyl groups excluding tert-OH is 1. The second-order valence-electron chi connectivity index (χ2n) is 4.02. The second-order valence-corrected chi connectivity index (χ2v) is 4.02. The summed E-state index contributed by atoms with van der Waals surface area (Å²) in [6.45, 7) is 6.63. The monoisotopic (exact) mass is 216 g/mol. The summed E-state index contributed by atoms with van der Waals surface area (Å²) in [6.07, 6.45) is 2.63. The Morgan fingerprint density at radius 2 is 2.00 bits per heavy atom. The van der Waals surface area contributed by atoms with Gasteiger partial charge in [-0.2, -0.15) is 0 Å². The van der Waals surface area contributed by atoms with Gasteiger partial charge in [-0.05, 0) is 33.1 Å². The lowest BCUT2D eigenvalue weighted by Crippen LogP contribution is -2.41. The van der Waals surface area contributed by atoms with Crippen molar-refractivity contribution >= 4 is 5.91 Å². The molecule has 90 valence electrons. The summed E-state index contributed by atoms with van der Waals surface area (Å²) in [7, 11) is 0. The number of amides is 1. The van der Waals surface area contributed by atoms with Crippen LogP contribution in [0.5, 0.6) is 0 Å². The van der Waals surface area contributed by atoms with E-state index < -0.39 is 0 Å². The molecule has 1 amide bonds. The van der Waals surface area contributed by atoms with Crippen molar-refractivity contribution in [3.63, 3.8) is 0 Å². The van der Waals surface area contributed by atoms with Crippen LogP contribution in [0, 0.1) is 0 Å². The molecule has 4 nitrogen and oxygen atoms in total. The molecule has 4 heteroatoms. The quantitative estimate of drug-likeness (QED) is 0.558.